The molecule has 0 aliphatic heterocycles. The maximum Gasteiger partial charge on any atom is 0.411 e. The number of hydrogen-bond donors (Lipinski definition) is 2. The Hall–Kier alpha value is -2.46. The predicted molar refractivity (Wildman–Crippen MR) is 103 cm³/mol. The van der Waals surface area contributed by atoms with Gasteiger partial charge in [0.1, 0.15) is 17.1 Å². The fourth-order valence-corrected chi connectivity index (χ4v) is 3.67. The summed E-state index contributed by atoms with van der Waals surface area (Å²) in [5.41, 5.74) is 7.59. The molecule has 8 nitrogen and oxygen atoms in total. The third-order valence-corrected chi connectivity index (χ3v) is 5.34. The van der Waals surface area contributed by atoms with Crippen LogP contribution in [-0.2, 0) is 0 Å². The Bertz CT molecular complexity index is 962. The smallest absolute Gasteiger partial charge is 0.411 e. The van der Waals surface area contributed by atoms with Gasteiger partial charge in [-0.1, -0.05) is 11.8 Å². The van der Waals surface area contributed by atoms with Gasteiger partial charge in [-0.25, -0.2) is 14.8 Å². The monoisotopic (exact) mass is 391 g/mol. The number of furan rings is 1. The van der Waals surface area contributed by atoms with Gasteiger partial charge in [-0.3, -0.25) is 9.88 Å². The summed E-state index contributed by atoms with van der Waals surface area (Å²) in [6.07, 6.45) is 3.86. The van der Waals surface area contributed by atoms with E-state index in [4.69, 9.17) is 10.2 Å². The van der Waals surface area contributed by atoms with Crippen molar-refractivity contribution in [3.8, 4) is 0 Å². The highest BCUT2D eigenvalue weighted by Crippen LogP contribution is 2.36. The van der Waals surface area contributed by atoms with E-state index >= 15 is 0 Å². The van der Waals surface area contributed by atoms with Gasteiger partial charge in [-0.2, -0.15) is 0 Å². The number of pyridine rings is 1. The molecule has 3 N–H and O–H groups in total. The summed E-state index contributed by atoms with van der Waals surface area (Å²) in [7, 11) is 1.47. The molecule has 1 atom stereocenters. The highest BCUT2D eigenvalue weighted by atomic mass is 32.2. The van der Waals surface area contributed by atoms with Gasteiger partial charge in [0.25, 0.3) is 0 Å². The van der Waals surface area contributed by atoms with Crippen molar-refractivity contribution in [1.29, 1.82) is 0 Å². The van der Waals surface area contributed by atoms with Gasteiger partial charge in [-0.15, -0.1) is 11.8 Å². The van der Waals surface area contributed by atoms with Gasteiger partial charge in [0, 0.05) is 18.5 Å². The number of nitrogens with zero attached hydrogens (tertiary/aromatic N) is 4. The van der Waals surface area contributed by atoms with E-state index in [1.54, 1.807) is 12.3 Å². The fourth-order valence-electron chi connectivity index (χ4n) is 2.32. The minimum atomic E-state index is -1.06. The van der Waals surface area contributed by atoms with E-state index in [0.717, 1.165) is 15.6 Å². The van der Waals surface area contributed by atoms with Gasteiger partial charge in [0.05, 0.1) is 22.8 Å². The van der Waals surface area contributed by atoms with Gasteiger partial charge in [-0.05, 0) is 19.2 Å². The minimum absolute atomic E-state index is 0.0613. The van der Waals surface area contributed by atoms with Crippen LogP contribution in [0.1, 0.15) is 17.9 Å². The largest absolute Gasteiger partial charge is 0.465 e. The molecule has 3 heterocycles. The van der Waals surface area contributed by atoms with E-state index in [1.165, 1.54) is 36.8 Å². The zero-order valence-corrected chi connectivity index (χ0v) is 16.0. The second-order valence-corrected chi connectivity index (χ2v) is 7.58. The molecule has 0 spiro atoms. The topological polar surface area (TPSA) is 118 Å². The van der Waals surface area contributed by atoms with Crippen LogP contribution in [0, 0.1) is 0 Å². The average Bonchev–Trinajstić information content (AvgIpc) is 3.03. The Morgan fingerprint density at radius 1 is 1.38 bits per heavy atom. The molecule has 0 saturated heterocycles. The molecule has 3 aromatic heterocycles. The van der Waals surface area contributed by atoms with E-state index in [9.17, 15) is 9.90 Å². The molecule has 0 fully saturated rings. The Morgan fingerprint density at radius 3 is 2.85 bits per heavy atom. The summed E-state index contributed by atoms with van der Waals surface area (Å²) in [5, 5.41) is 11.2. The lowest BCUT2D eigenvalue weighted by Crippen LogP contribution is -2.23. The molecule has 0 aliphatic carbocycles. The molecule has 0 aromatic carbocycles. The highest BCUT2D eigenvalue weighted by molar-refractivity contribution is 7.99. The van der Waals surface area contributed by atoms with Crippen LogP contribution in [0.15, 0.2) is 39.2 Å². The molecule has 0 saturated carbocycles. The van der Waals surface area contributed by atoms with Crippen LogP contribution in [0.25, 0.3) is 11.0 Å². The normalized spacial score (nSPS) is 12.3. The molecule has 10 heteroatoms. The predicted octanol–water partition coefficient (Wildman–Crippen LogP) is 3.89. The van der Waals surface area contributed by atoms with Crippen LogP contribution in [0.3, 0.4) is 0 Å². The number of fused-ring (bicyclic) bond motifs is 1. The van der Waals surface area contributed by atoms with Crippen LogP contribution < -0.4 is 10.6 Å². The van der Waals surface area contributed by atoms with Crippen molar-refractivity contribution in [2.45, 2.75) is 22.4 Å². The van der Waals surface area contributed by atoms with Crippen molar-refractivity contribution >= 4 is 52.1 Å². The highest BCUT2D eigenvalue weighted by Gasteiger charge is 2.18. The van der Waals surface area contributed by atoms with Crippen molar-refractivity contribution in [3.05, 3.63) is 30.3 Å². The second kappa shape index (κ2) is 7.42. The first-order chi connectivity index (χ1) is 12.4. The number of thioether (sulfide) groups is 2. The third-order valence-electron chi connectivity index (χ3n) is 3.72. The Kier molecular flexibility index (Phi) is 5.23. The number of amides is 1. The van der Waals surface area contributed by atoms with Gasteiger partial charge in [0.2, 0.25) is 0 Å². The number of anilines is 2. The van der Waals surface area contributed by atoms with E-state index in [0.29, 0.717) is 27.6 Å². The van der Waals surface area contributed by atoms with Crippen LogP contribution in [0.5, 0.6) is 0 Å². The van der Waals surface area contributed by atoms with Crippen molar-refractivity contribution in [1.82, 2.24) is 15.0 Å². The molecule has 3 rings (SSSR count). The maximum absolute atomic E-state index is 11.2. The lowest BCUT2D eigenvalue weighted by atomic mass is 10.2. The van der Waals surface area contributed by atoms with Gasteiger partial charge in [0.15, 0.2) is 10.7 Å². The van der Waals surface area contributed by atoms with E-state index in [2.05, 4.69) is 15.0 Å². The van der Waals surface area contributed by atoms with Crippen molar-refractivity contribution in [2.75, 3.05) is 23.9 Å². The molecule has 136 valence electrons. The second-order valence-electron chi connectivity index (χ2n) is 5.45. The van der Waals surface area contributed by atoms with E-state index in [-0.39, 0.29) is 5.25 Å². The first kappa shape index (κ1) is 18.3. The Labute approximate surface area is 158 Å². The molecule has 26 heavy (non-hydrogen) atoms. The summed E-state index contributed by atoms with van der Waals surface area (Å²) in [5.74, 6) is 0.419. The zero-order valence-electron chi connectivity index (χ0n) is 14.3. The zero-order chi connectivity index (χ0) is 18.8. The number of nitrogens with two attached hydrogens (primary N) is 1. The molecule has 0 aliphatic rings. The molecule has 3 aromatic rings. The van der Waals surface area contributed by atoms with Gasteiger partial charge >= 0.3 is 6.09 Å². The van der Waals surface area contributed by atoms with Gasteiger partial charge < -0.3 is 15.3 Å². The van der Waals surface area contributed by atoms with Crippen LogP contribution >= 0.6 is 23.5 Å². The molecule has 1 amide bonds. The molecular formula is C16H17N5O3S2. The standard InChI is InChI=1S/C16H17N5O3S2/c1-8(26-15-19-13(17)5-14(20-15)25-3)10-4-9-11(21(2)16(22)23)7-24-12(9)6-18-10/h4-8H,1-3H3,(H,22,23)(H2,17,19,20). The molecule has 0 radical (unpaired) electrons. The number of hydrogen-bond acceptors (Lipinski definition) is 8. The van der Waals surface area contributed by atoms with Crippen molar-refractivity contribution in [2.24, 2.45) is 0 Å². The van der Waals surface area contributed by atoms with E-state index in [1.807, 2.05) is 19.2 Å². The summed E-state index contributed by atoms with van der Waals surface area (Å²) in [4.78, 5) is 25.4. The Balaban J connectivity index is 1.91. The first-order valence-corrected chi connectivity index (χ1v) is 9.68. The third kappa shape index (κ3) is 3.70. The van der Waals surface area contributed by atoms with Crippen LogP contribution in [-0.4, -0.2) is 39.5 Å². The fraction of sp³-hybridized carbons (Fsp3) is 0.250. The van der Waals surface area contributed by atoms with Crippen LogP contribution in [0.2, 0.25) is 0 Å². The first-order valence-electron chi connectivity index (χ1n) is 7.58. The lowest BCUT2D eigenvalue weighted by Gasteiger charge is -2.12. The number of nitrogen functional groups attached to an aromatic ring is 1. The minimum Gasteiger partial charge on any atom is -0.465 e. The molecular weight excluding hydrogens is 374 g/mol. The number of carboxylic acid groups (broad SMARTS) is 1. The summed E-state index contributed by atoms with van der Waals surface area (Å²) in [6.45, 7) is 1.98. The van der Waals surface area contributed by atoms with Crippen molar-refractivity contribution in [3.63, 3.8) is 0 Å². The molecule has 1 unspecified atom stereocenters. The van der Waals surface area contributed by atoms with Crippen LogP contribution in [0.4, 0.5) is 16.3 Å². The SMILES string of the molecule is CSc1cc(N)nc(SC(C)c2cc3c(N(C)C(=O)O)coc3cn2)n1. The Morgan fingerprint density at radius 2 is 2.15 bits per heavy atom. The number of carbonyl (C=O) groups is 1. The summed E-state index contributed by atoms with van der Waals surface area (Å²) >= 11 is 2.93. The van der Waals surface area contributed by atoms with Crippen molar-refractivity contribution < 1.29 is 14.3 Å². The van der Waals surface area contributed by atoms with E-state index < -0.39 is 6.09 Å². The maximum atomic E-state index is 11.2. The molecule has 0 bridgehead atoms. The summed E-state index contributed by atoms with van der Waals surface area (Å²) in [6, 6.07) is 3.55. The quantitative estimate of drug-likeness (QED) is 0.379. The number of aromatic nitrogens is 3. The number of rotatable bonds is 5. The summed E-state index contributed by atoms with van der Waals surface area (Å²) < 4.78 is 5.40. The lowest BCUT2D eigenvalue weighted by molar-refractivity contribution is 0.203. The average molecular weight is 391 g/mol.